The zero-order chi connectivity index (χ0) is 14.3. The van der Waals surface area contributed by atoms with Crippen LogP contribution in [0, 0.1) is 34.6 Å². The summed E-state index contributed by atoms with van der Waals surface area (Å²) in [5.41, 5.74) is 6.65. The number of likely N-dealkylation sites (tertiary alicyclic amines) is 1. The highest BCUT2D eigenvalue weighted by Crippen LogP contribution is 2.28. The Balaban J connectivity index is 2.48. The fraction of sp³-hybridized carbons (Fsp3) is 0.562. The Labute approximate surface area is 115 Å². The second-order valence-corrected chi connectivity index (χ2v) is 5.69. The molecule has 0 bridgehead atoms. The van der Waals surface area contributed by atoms with E-state index < -0.39 is 0 Å². The van der Waals surface area contributed by atoms with Gasteiger partial charge in [0.05, 0.1) is 6.10 Å². The van der Waals surface area contributed by atoms with Gasteiger partial charge in [-0.2, -0.15) is 0 Å². The van der Waals surface area contributed by atoms with Crippen LogP contribution in [0.5, 0.6) is 0 Å². The van der Waals surface area contributed by atoms with Crippen LogP contribution in [0.2, 0.25) is 0 Å². The number of carbonyl (C=O) groups is 1. The molecule has 1 amide bonds. The van der Waals surface area contributed by atoms with Crippen molar-refractivity contribution in [2.45, 2.75) is 47.1 Å². The van der Waals surface area contributed by atoms with Crippen molar-refractivity contribution < 1.29 is 9.90 Å². The normalized spacial score (nSPS) is 19.1. The molecule has 1 fully saturated rings. The summed E-state index contributed by atoms with van der Waals surface area (Å²) in [5, 5.41) is 9.59. The quantitative estimate of drug-likeness (QED) is 0.843. The highest BCUT2D eigenvalue weighted by atomic mass is 16.3. The van der Waals surface area contributed by atoms with E-state index in [9.17, 15) is 9.90 Å². The van der Waals surface area contributed by atoms with E-state index in [1.807, 2.05) is 13.8 Å². The first-order valence-corrected chi connectivity index (χ1v) is 6.88. The molecule has 3 heteroatoms. The highest BCUT2D eigenvalue weighted by molar-refractivity contribution is 5.98. The maximum Gasteiger partial charge on any atom is 0.254 e. The second-order valence-electron chi connectivity index (χ2n) is 5.69. The van der Waals surface area contributed by atoms with Crippen LogP contribution in [0.25, 0.3) is 0 Å². The summed E-state index contributed by atoms with van der Waals surface area (Å²) >= 11 is 0. The van der Waals surface area contributed by atoms with E-state index in [0.29, 0.717) is 19.5 Å². The molecule has 0 saturated carbocycles. The molecule has 0 unspecified atom stereocenters. The minimum absolute atomic E-state index is 0.0674. The molecule has 1 atom stereocenters. The van der Waals surface area contributed by atoms with E-state index in [2.05, 4.69) is 20.8 Å². The molecule has 1 aromatic rings. The van der Waals surface area contributed by atoms with Crippen LogP contribution in [0.3, 0.4) is 0 Å². The van der Waals surface area contributed by atoms with Gasteiger partial charge in [0.25, 0.3) is 5.91 Å². The van der Waals surface area contributed by atoms with Crippen molar-refractivity contribution in [3.05, 3.63) is 33.4 Å². The molecule has 0 aromatic heterocycles. The summed E-state index contributed by atoms with van der Waals surface area (Å²) < 4.78 is 0. The topological polar surface area (TPSA) is 40.5 Å². The molecule has 3 nitrogen and oxygen atoms in total. The van der Waals surface area contributed by atoms with E-state index >= 15 is 0 Å². The number of rotatable bonds is 1. The van der Waals surface area contributed by atoms with Gasteiger partial charge in [0.2, 0.25) is 0 Å². The molecule has 1 heterocycles. The number of carbonyl (C=O) groups excluding carboxylic acids is 1. The molecular weight excluding hydrogens is 238 g/mol. The summed E-state index contributed by atoms with van der Waals surface area (Å²) in [6.45, 7) is 11.4. The van der Waals surface area contributed by atoms with Gasteiger partial charge in [0.15, 0.2) is 0 Å². The molecule has 0 aliphatic carbocycles. The Kier molecular flexibility index (Phi) is 3.68. The molecule has 0 spiro atoms. The highest BCUT2D eigenvalue weighted by Gasteiger charge is 2.28. The van der Waals surface area contributed by atoms with Crippen LogP contribution in [0.1, 0.15) is 44.6 Å². The van der Waals surface area contributed by atoms with Crippen molar-refractivity contribution in [3.63, 3.8) is 0 Å². The summed E-state index contributed by atoms with van der Waals surface area (Å²) in [7, 11) is 0. The van der Waals surface area contributed by atoms with Gasteiger partial charge in [-0.1, -0.05) is 0 Å². The molecule has 1 saturated heterocycles. The Morgan fingerprint density at radius 3 is 1.89 bits per heavy atom. The predicted molar refractivity (Wildman–Crippen MR) is 76.7 cm³/mol. The third-order valence-electron chi connectivity index (χ3n) is 4.66. The molecule has 19 heavy (non-hydrogen) atoms. The first-order valence-electron chi connectivity index (χ1n) is 6.88. The van der Waals surface area contributed by atoms with Gasteiger partial charge in [0, 0.05) is 18.7 Å². The molecule has 2 rings (SSSR count). The minimum Gasteiger partial charge on any atom is -0.391 e. The van der Waals surface area contributed by atoms with Crippen LogP contribution < -0.4 is 0 Å². The lowest BCUT2D eigenvalue weighted by molar-refractivity contribution is 0.0763. The number of amides is 1. The zero-order valence-electron chi connectivity index (χ0n) is 12.5. The second kappa shape index (κ2) is 4.97. The van der Waals surface area contributed by atoms with Gasteiger partial charge >= 0.3 is 0 Å². The molecular formula is C16H23NO2. The van der Waals surface area contributed by atoms with Crippen LogP contribution in [-0.4, -0.2) is 35.1 Å². The molecule has 1 N–H and O–H groups in total. The maximum atomic E-state index is 12.7. The number of benzene rings is 1. The Hall–Kier alpha value is -1.35. The average Bonchev–Trinajstić information content (AvgIpc) is 2.81. The third kappa shape index (κ3) is 2.27. The third-order valence-corrected chi connectivity index (χ3v) is 4.66. The maximum absolute atomic E-state index is 12.7. The lowest BCUT2D eigenvalue weighted by atomic mass is 9.89. The number of nitrogens with zero attached hydrogens (tertiary/aromatic N) is 1. The summed E-state index contributed by atoms with van der Waals surface area (Å²) in [6.07, 6.45) is 0.324. The molecule has 1 aromatic carbocycles. The smallest absolute Gasteiger partial charge is 0.254 e. The van der Waals surface area contributed by atoms with Crippen molar-refractivity contribution in [2.24, 2.45) is 0 Å². The van der Waals surface area contributed by atoms with E-state index in [1.165, 1.54) is 16.7 Å². The Morgan fingerprint density at radius 2 is 1.47 bits per heavy atom. The fourth-order valence-electron chi connectivity index (χ4n) is 2.91. The summed E-state index contributed by atoms with van der Waals surface area (Å²) in [4.78, 5) is 14.4. The molecule has 1 aliphatic heterocycles. The Morgan fingerprint density at radius 1 is 1.00 bits per heavy atom. The molecule has 0 radical (unpaired) electrons. The SMILES string of the molecule is Cc1c(C)c(C)c(C(=O)N2CC[C@@H](O)C2)c(C)c1C. The number of aliphatic hydroxyl groups is 1. The van der Waals surface area contributed by atoms with Crippen LogP contribution in [0.4, 0.5) is 0 Å². The first kappa shape index (κ1) is 14.1. The predicted octanol–water partition coefficient (Wildman–Crippen LogP) is 2.44. The monoisotopic (exact) mass is 261 g/mol. The van der Waals surface area contributed by atoms with E-state index in [0.717, 1.165) is 16.7 Å². The summed E-state index contributed by atoms with van der Waals surface area (Å²) in [5.74, 6) is 0.0674. The first-order chi connectivity index (χ1) is 8.84. The van der Waals surface area contributed by atoms with Crippen molar-refractivity contribution in [1.29, 1.82) is 0 Å². The summed E-state index contributed by atoms with van der Waals surface area (Å²) in [6, 6.07) is 0. The number of hydrogen-bond acceptors (Lipinski definition) is 2. The van der Waals surface area contributed by atoms with Gasteiger partial charge in [0.1, 0.15) is 0 Å². The number of hydrogen-bond donors (Lipinski definition) is 1. The largest absolute Gasteiger partial charge is 0.391 e. The molecule has 104 valence electrons. The Bertz CT molecular complexity index is 505. The number of aliphatic hydroxyl groups excluding tert-OH is 1. The van der Waals surface area contributed by atoms with Crippen molar-refractivity contribution in [1.82, 2.24) is 4.90 Å². The van der Waals surface area contributed by atoms with Gasteiger partial charge < -0.3 is 10.0 Å². The number of β-amino-alcohol motifs (C(OH)–C–C–N with tert-alkyl or cyclic N) is 1. The van der Waals surface area contributed by atoms with E-state index in [4.69, 9.17) is 0 Å². The van der Waals surface area contributed by atoms with Crippen molar-refractivity contribution in [3.8, 4) is 0 Å². The molecule has 1 aliphatic rings. The van der Waals surface area contributed by atoms with Gasteiger partial charge in [-0.15, -0.1) is 0 Å². The van der Waals surface area contributed by atoms with Crippen LogP contribution in [-0.2, 0) is 0 Å². The van der Waals surface area contributed by atoms with Gasteiger partial charge in [-0.05, 0) is 68.9 Å². The van der Waals surface area contributed by atoms with Crippen LogP contribution >= 0.6 is 0 Å². The van der Waals surface area contributed by atoms with Crippen molar-refractivity contribution >= 4 is 5.91 Å². The zero-order valence-corrected chi connectivity index (χ0v) is 12.5. The van der Waals surface area contributed by atoms with Gasteiger partial charge in [-0.25, -0.2) is 0 Å². The fourth-order valence-corrected chi connectivity index (χ4v) is 2.91. The van der Waals surface area contributed by atoms with E-state index in [1.54, 1.807) is 4.90 Å². The van der Waals surface area contributed by atoms with Crippen molar-refractivity contribution in [2.75, 3.05) is 13.1 Å². The minimum atomic E-state index is -0.364. The lowest BCUT2D eigenvalue weighted by Crippen LogP contribution is -2.31. The van der Waals surface area contributed by atoms with Crippen LogP contribution in [0.15, 0.2) is 0 Å². The van der Waals surface area contributed by atoms with Gasteiger partial charge in [-0.3, -0.25) is 4.79 Å². The van der Waals surface area contributed by atoms with E-state index in [-0.39, 0.29) is 12.0 Å². The average molecular weight is 261 g/mol. The lowest BCUT2D eigenvalue weighted by Gasteiger charge is -2.22. The standard InChI is InChI=1S/C16H23NO2/c1-9-10(2)12(4)15(13(5)11(9)3)16(19)17-7-6-14(18)8-17/h14,18H,6-8H2,1-5H3/t14-/m1/s1.